The van der Waals surface area contributed by atoms with Crippen LogP contribution in [0.2, 0.25) is 0 Å². The van der Waals surface area contributed by atoms with Gasteiger partial charge < -0.3 is 4.74 Å². The van der Waals surface area contributed by atoms with E-state index in [1.54, 1.807) is 7.11 Å². The molecule has 0 fully saturated rings. The zero-order valence-corrected chi connectivity index (χ0v) is 13.1. The first-order valence-electron chi connectivity index (χ1n) is 7.12. The van der Waals surface area contributed by atoms with E-state index in [1.807, 2.05) is 47.0 Å². The molecule has 0 aliphatic carbocycles. The smallest absolute Gasteiger partial charge is 0.195 e. The Kier molecular flexibility index (Phi) is 4.34. The molecule has 112 valence electrons. The standard InChI is InChI=1S/C17H17N3OS/c1-21-15-10-6-5-9-14(15)16-18-19-17(22)20(16)12-11-13-7-3-2-4-8-13/h2-10H,11-12H2,1H3,(H,19,22). The predicted molar refractivity (Wildman–Crippen MR) is 89.5 cm³/mol. The number of hydrogen-bond acceptors (Lipinski definition) is 3. The normalized spacial score (nSPS) is 10.6. The van der Waals surface area contributed by atoms with E-state index in [9.17, 15) is 0 Å². The molecule has 3 rings (SSSR count). The quantitative estimate of drug-likeness (QED) is 0.728. The van der Waals surface area contributed by atoms with Crippen molar-refractivity contribution in [3.05, 3.63) is 64.9 Å². The second-order valence-electron chi connectivity index (χ2n) is 4.94. The first-order valence-corrected chi connectivity index (χ1v) is 7.53. The lowest BCUT2D eigenvalue weighted by Crippen LogP contribution is -2.04. The molecule has 1 N–H and O–H groups in total. The summed E-state index contributed by atoms with van der Waals surface area (Å²) in [5, 5.41) is 7.26. The number of aromatic nitrogens is 3. The highest BCUT2D eigenvalue weighted by Gasteiger charge is 2.13. The third-order valence-electron chi connectivity index (χ3n) is 3.57. The molecule has 0 saturated carbocycles. The first kappa shape index (κ1) is 14.5. The van der Waals surface area contributed by atoms with Gasteiger partial charge in [0, 0.05) is 6.54 Å². The Morgan fingerprint density at radius 1 is 1.09 bits per heavy atom. The van der Waals surface area contributed by atoms with Crippen LogP contribution in [0.5, 0.6) is 5.75 Å². The molecule has 0 aliphatic heterocycles. The SMILES string of the molecule is COc1ccccc1-c1n[nH]c(=S)n1CCc1ccccc1. The largest absolute Gasteiger partial charge is 0.496 e. The third-order valence-corrected chi connectivity index (χ3v) is 3.88. The van der Waals surface area contributed by atoms with Crippen molar-refractivity contribution in [2.45, 2.75) is 13.0 Å². The summed E-state index contributed by atoms with van der Waals surface area (Å²) in [6.07, 6.45) is 0.900. The van der Waals surface area contributed by atoms with Gasteiger partial charge in [-0.25, -0.2) is 0 Å². The van der Waals surface area contributed by atoms with Crippen molar-refractivity contribution >= 4 is 12.2 Å². The van der Waals surface area contributed by atoms with Gasteiger partial charge in [0.2, 0.25) is 0 Å². The van der Waals surface area contributed by atoms with E-state index in [1.165, 1.54) is 5.56 Å². The summed E-state index contributed by atoms with van der Waals surface area (Å²) in [6, 6.07) is 18.2. The Morgan fingerprint density at radius 2 is 1.82 bits per heavy atom. The van der Waals surface area contributed by atoms with Crippen LogP contribution in [0.25, 0.3) is 11.4 Å². The summed E-state index contributed by atoms with van der Waals surface area (Å²) >= 11 is 5.37. The molecule has 0 radical (unpaired) electrons. The van der Waals surface area contributed by atoms with Gasteiger partial charge in [-0.15, -0.1) is 0 Å². The maximum atomic E-state index is 5.43. The monoisotopic (exact) mass is 311 g/mol. The number of para-hydroxylation sites is 1. The Morgan fingerprint density at radius 3 is 2.59 bits per heavy atom. The van der Waals surface area contributed by atoms with Gasteiger partial charge in [-0.3, -0.25) is 9.67 Å². The second-order valence-corrected chi connectivity index (χ2v) is 5.33. The Hall–Kier alpha value is -2.40. The van der Waals surface area contributed by atoms with Crippen molar-refractivity contribution in [2.75, 3.05) is 7.11 Å². The Balaban J connectivity index is 1.93. The van der Waals surface area contributed by atoms with Crippen LogP contribution in [0.3, 0.4) is 0 Å². The summed E-state index contributed by atoms with van der Waals surface area (Å²) in [4.78, 5) is 0. The highest BCUT2D eigenvalue weighted by molar-refractivity contribution is 7.71. The molecule has 5 heteroatoms. The lowest BCUT2D eigenvalue weighted by Gasteiger charge is -2.10. The van der Waals surface area contributed by atoms with Crippen LogP contribution in [0, 0.1) is 4.77 Å². The van der Waals surface area contributed by atoms with Gasteiger partial charge in [0.05, 0.1) is 12.7 Å². The molecule has 22 heavy (non-hydrogen) atoms. The van der Waals surface area contributed by atoms with Crippen molar-refractivity contribution in [1.29, 1.82) is 0 Å². The maximum absolute atomic E-state index is 5.43. The van der Waals surface area contributed by atoms with Crippen LogP contribution in [0.15, 0.2) is 54.6 Å². The zero-order chi connectivity index (χ0) is 15.4. The van der Waals surface area contributed by atoms with Crippen LogP contribution in [0.1, 0.15) is 5.56 Å². The molecule has 0 amide bonds. The second kappa shape index (κ2) is 6.58. The maximum Gasteiger partial charge on any atom is 0.195 e. The molecule has 0 atom stereocenters. The summed E-state index contributed by atoms with van der Waals surface area (Å²) < 4.78 is 8.06. The molecule has 0 saturated heterocycles. The predicted octanol–water partition coefficient (Wildman–Crippen LogP) is 3.86. The molecule has 0 spiro atoms. The number of hydrogen-bond donors (Lipinski definition) is 1. The molecule has 0 unspecified atom stereocenters. The highest BCUT2D eigenvalue weighted by Crippen LogP contribution is 2.28. The zero-order valence-electron chi connectivity index (χ0n) is 12.3. The van der Waals surface area contributed by atoms with Crippen LogP contribution < -0.4 is 4.74 Å². The molecule has 0 bridgehead atoms. The molecule has 3 aromatic rings. The highest BCUT2D eigenvalue weighted by atomic mass is 32.1. The van der Waals surface area contributed by atoms with Crippen LogP contribution >= 0.6 is 12.2 Å². The van der Waals surface area contributed by atoms with E-state index < -0.39 is 0 Å². The van der Waals surface area contributed by atoms with E-state index >= 15 is 0 Å². The molecule has 0 aliphatic rings. The van der Waals surface area contributed by atoms with Gasteiger partial charge in [0.25, 0.3) is 0 Å². The lowest BCUT2D eigenvalue weighted by atomic mass is 10.1. The molecule has 1 heterocycles. The van der Waals surface area contributed by atoms with Gasteiger partial charge in [-0.05, 0) is 36.3 Å². The van der Waals surface area contributed by atoms with Crippen molar-refractivity contribution in [3.8, 4) is 17.1 Å². The van der Waals surface area contributed by atoms with Crippen LogP contribution in [-0.2, 0) is 13.0 Å². The summed E-state index contributed by atoms with van der Waals surface area (Å²) in [5.74, 6) is 1.59. The molecule has 1 aromatic heterocycles. The van der Waals surface area contributed by atoms with Gasteiger partial charge >= 0.3 is 0 Å². The number of nitrogens with one attached hydrogen (secondary N) is 1. The minimum atomic E-state index is 0.622. The van der Waals surface area contributed by atoms with E-state index in [4.69, 9.17) is 17.0 Å². The van der Waals surface area contributed by atoms with Gasteiger partial charge in [0.1, 0.15) is 5.75 Å². The Bertz CT molecular complexity index is 808. The van der Waals surface area contributed by atoms with Crippen molar-refractivity contribution in [2.24, 2.45) is 0 Å². The number of nitrogens with zero attached hydrogens (tertiary/aromatic N) is 2. The van der Waals surface area contributed by atoms with Crippen LogP contribution in [0.4, 0.5) is 0 Å². The fourth-order valence-electron chi connectivity index (χ4n) is 2.45. The molecular weight excluding hydrogens is 294 g/mol. The number of aromatic amines is 1. The average molecular weight is 311 g/mol. The lowest BCUT2D eigenvalue weighted by molar-refractivity contribution is 0.416. The van der Waals surface area contributed by atoms with E-state index in [-0.39, 0.29) is 0 Å². The first-order chi connectivity index (χ1) is 10.8. The molecule has 2 aromatic carbocycles. The summed E-state index contributed by atoms with van der Waals surface area (Å²) in [7, 11) is 1.66. The van der Waals surface area contributed by atoms with Crippen LogP contribution in [-0.4, -0.2) is 21.9 Å². The van der Waals surface area contributed by atoms with Crippen molar-refractivity contribution in [1.82, 2.24) is 14.8 Å². The van der Waals surface area contributed by atoms with Crippen molar-refractivity contribution < 1.29 is 4.74 Å². The van der Waals surface area contributed by atoms with E-state index in [0.29, 0.717) is 4.77 Å². The number of H-pyrrole nitrogens is 1. The Labute approximate surface area is 134 Å². The van der Waals surface area contributed by atoms with Gasteiger partial charge in [-0.2, -0.15) is 5.10 Å². The van der Waals surface area contributed by atoms with Gasteiger partial charge in [0.15, 0.2) is 10.6 Å². The number of aryl methyl sites for hydroxylation is 1. The third kappa shape index (κ3) is 2.94. The van der Waals surface area contributed by atoms with E-state index in [0.717, 1.165) is 30.1 Å². The summed E-state index contributed by atoms with van der Waals surface area (Å²) in [5.41, 5.74) is 2.21. The van der Waals surface area contributed by atoms with Gasteiger partial charge in [-0.1, -0.05) is 42.5 Å². The minimum absolute atomic E-state index is 0.622. The van der Waals surface area contributed by atoms with Crippen molar-refractivity contribution in [3.63, 3.8) is 0 Å². The minimum Gasteiger partial charge on any atom is -0.496 e. The molecule has 4 nitrogen and oxygen atoms in total. The van der Waals surface area contributed by atoms with E-state index in [2.05, 4.69) is 22.3 Å². The number of benzene rings is 2. The molecular formula is C17H17N3OS. The number of ether oxygens (including phenoxy) is 1. The summed E-state index contributed by atoms with van der Waals surface area (Å²) in [6.45, 7) is 0.771. The number of methoxy groups -OCH3 is 1. The average Bonchev–Trinajstić information content (AvgIpc) is 2.94. The fraction of sp³-hybridized carbons (Fsp3) is 0.176. The number of rotatable bonds is 5. The fourth-order valence-corrected chi connectivity index (χ4v) is 2.67. The topological polar surface area (TPSA) is 42.8 Å².